The lowest BCUT2D eigenvalue weighted by molar-refractivity contribution is -0.116. The predicted molar refractivity (Wildman–Crippen MR) is 109 cm³/mol. The van der Waals surface area contributed by atoms with Gasteiger partial charge in [0.15, 0.2) is 5.78 Å². The van der Waals surface area contributed by atoms with Crippen LogP contribution in [0.5, 0.6) is 0 Å². The van der Waals surface area contributed by atoms with Crippen molar-refractivity contribution in [2.45, 2.75) is 39.0 Å². The Morgan fingerprint density at radius 1 is 1.14 bits per heavy atom. The van der Waals surface area contributed by atoms with E-state index in [4.69, 9.17) is 0 Å². The normalized spacial score (nSPS) is 19.2. The highest BCUT2D eigenvalue weighted by Crippen LogP contribution is 2.42. The van der Waals surface area contributed by atoms with E-state index in [0.717, 1.165) is 40.9 Å². The summed E-state index contributed by atoms with van der Waals surface area (Å²) >= 11 is 0. The van der Waals surface area contributed by atoms with Gasteiger partial charge in [-0.1, -0.05) is 30.3 Å². The second kappa shape index (κ2) is 7.43. The first-order valence-corrected chi connectivity index (χ1v) is 9.57. The molecule has 2 aliphatic rings. The zero-order chi connectivity index (χ0) is 19.7. The molecule has 142 valence electrons. The Balaban J connectivity index is 1.77. The molecule has 0 bridgehead atoms. The van der Waals surface area contributed by atoms with Gasteiger partial charge in [0.25, 0.3) is 5.91 Å². The van der Waals surface area contributed by atoms with Crippen molar-refractivity contribution in [1.82, 2.24) is 10.3 Å². The molecule has 5 heteroatoms. The molecule has 0 radical (unpaired) electrons. The number of Topliss-reactive ketones (excluding diaryl/α,β-unsaturated/α-hetero) is 1. The molecule has 2 aromatic rings. The number of hydrogen-bond acceptors (Lipinski definition) is 4. The van der Waals surface area contributed by atoms with Gasteiger partial charge in [0.05, 0.1) is 0 Å². The smallest absolute Gasteiger partial charge is 0.255 e. The minimum Gasteiger partial charge on any atom is -0.362 e. The standard InChI is InChI=1S/C23H23N3O2/c1-14-11-12-24-19(13-14)26-23(28)20-15(2)25-17-9-6-10-18(27)22(17)21(20)16-7-4-3-5-8-16/h3-5,7-8,11-13,21,25H,6,9-10H2,1-2H3,(H,24,26,28). The third-order valence-corrected chi connectivity index (χ3v) is 5.31. The largest absolute Gasteiger partial charge is 0.362 e. The Morgan fingerprint density at radius 3 is 2.68 bits per heavy atom. The number of nitrogens with one attached hydrogen (secondary N) is 2. The zero-order valence-electron chi connectivity index (χ0n) is 16.1. The van der Waals surface area contributed by atoms with Gasteiger partial charge in [-0.05, 0) is 49.9 Å². The predicted octanol–water partition coefficient (Wildman–Crippen LogP) is 4.00. The lowest BCUT2D eigenvalue weighted by atomic mass is 9.75. The topological polar surface area (TPSA) is 71.1 Å². The maximum Gasteiger partial charge on any atom is 0.255 e. The van der Waals surface area contributed by atoms with Gasteiger partial charge in [-0.2, -0.15) is 0 Å². The van der Waals surface area contributed by atoms with Crippen LogP contribution < -0.4 is 10.6 Å². The Hall–Kier alpha value is -3.21. The van der Waals surface area contributed by atoms with E-state index in [1.54, 1.807) is 6.20 Å². The van der Waals surface area contributed by atoms with Gasteiger partial charge in [-0.3, -0.25) is 9.59 Å². The molecular formula is C23H23N3O2. The maximum absolute atomic E-state index is 13.3. The fourth-order valence-electron chi connectivity index (χ4n) is 4.05. The summed E-state index contributed by atoms with van der Waals surface area (Å²) < 4.78 is 0. The van der Waals surface area contributed by atoms with E-state index >= 15 is 0 Å². The quantitative estimate of drug-likeness (QED) is 0.853. The number of aromatic nitrogens is 1. The van der Waals surface area contributed by atoms with E-state index < -0.39 is 0 Å². The van der Waals surface area contributed by atoms with Gasteiger partial charge in [0.2, 0.25) is 0 Å². The van der Waals surface area contributed by atoms with E-state index in [2.05, 4.69) is 15.6 Å². The number of amides is 1. The van der Waals surface area contributed by atoms with Crippen LogP contribution in [0.1, 0.15) is 43.2 Å². The van der Waals surface area contributed by atoms with Crippen LogP contribution in [0.25, 0.3) is 0 Å². The Bertz CT molecular complexity index is 1010. The van der Waals surface area contributed by atoms with Crippen molar-refractivity contribution in [2.75, 3.05) is 5.32 Å². The van der Waals surface area contributed by atoms with Crippen molar-refractivity contribution < 1.29 is 9.59 Å². The van der Waals surface area contributed by atoms with Gasteiger partial charge < -0.3 is 10.6 Å². The fourth-order valence-corrected chi connectivity index (χ4v) is 4.05. The van der Waals surface area contributed by atoms with Gasteiger partial charge in [0.1, 0.15) is 5.82 Å². The summed E-state index contributed by atoms with van der Waals surface area (Å²) in [6, 6.07) is 13.5. The molecule has 0 saturated carbocycles. The molecule has 5 nitrogen and oxygen atoms in total. The first kappa shape index (κ1) is 18.2. The molecule has 1 unspecified atom stereocenters. The molecule has 1 aliphatic carbocycles. The first-order valence-electron chi connectivity index (χ1n) is 9.57. The van der Waals surface area contributed by atoms with Crippen molar-refractivity contribution in [3.8, 4) is 0 Å². The fraction of sp³-hybridized carbons (Fsp3) is 0.261. The number of anilines is 1. The number of benzene rings is 1. The van der Waals surface area contributed by atoms with Gasteiger partial charge in [-0.15, -0.1) is 0 Å². The van der Waals surface area contributed by atoms with E-state index in [0.29, 0.717) is 17.8 Å². The second-order valence-electron chi connectivity index (χ2n) is 7.35. The lowest BCUT2D eigenvalue weighted by Crippen LogP contribution is -2.35. The highest BCUT2D eigenvalue weighted by molar-refractivity contribution is 6.09. The molecule has 0 fully saturated rings. The maximum atomic E-state index is 13.3. The minimum atomic E-state index is -0.366. The molecule has 2 N–H and O–H groups in total. The van der Waals surface area contributed by atoms with Crippen LogP contribution in [-0.4, -0.2) is 16.7 Å². The van der Waals surface area contributed by atoms with Crippen LogP contribution in [-0.2, 0) is 9.59 Å². The molecular weight excluding hydrogens is 350 g/mol. The number of hydrogen-bond donors (Lipinski definition) is 2. The molecule has 0 spiro atoms. The number of carbonyl (C=O) groups excluding carboxylic acids is 2. The number of allylic oxidation sites excluding steroid dienone is 3. The van der Waals surface area contributed by atoms with E-state index in [-0.39, 0.29) is 17.6 Å². The highest BCUT2D eigenvalue weighted by atomic mass is 16.2. The van der Waals surface area contributed by atoms with Crippen molar-refractivity contribution in [2.24, 2.45) is 0 Å². The average Bonchev–Trinajstić information content (AvgIpc) is 2.67. The second-order valence-corrected chi connectivity index (χ2v) is 7.35. The summed E-state index contributed by atoms with van der Waals surface area (Å²) in [6.45, 7) is 3.85. The highest BCUT2D eigenvalue weighted by Gasteiger charge is 2.38. The molecule has 28 heavy (non-hydrogen) atoms. The number of rotatable bonds is 3. The van der Waals surface area contributed by atoms with E-state index in [9.17, 15) is 9.59 Å². The van der Waals surface area contributed by atoms with Gasteiger partial charge in [0, 0.05) is 41.1 Å². The van der Waals surface area contributed by atoms with Crippen LogP contribution in [0.15, 0.2) is 71.2 Å². The molecule has 4 rings (SSSR count). The number of pyridine rings is 1. The Labute approximate surface area is 164 Å². The van der Waals surface area contributed by atoms with Crippen LogP contribution in [0, 0.1) is 6.92 Å². The van der Waals surface area contributed by atoms with Crippen molar-refractivity contribution in [1.29, 1.82) is 0 Å². The van der Waals surface area contributed by atoms with Gasteiger partial charge in [-0.25, -0.2) is 4.98 Å². The SMILES string of the molecule is CC1=C(C(=O)Nc2cc(C)ccn2)C(c2ccccc2)C2=C(CCCC2=O)N1. The third kappa shape index (κ3) is 3.36. The molecule has 1 atom stereocenters. The summed E-state index contributed by atoms with van der Waals surface area (Å²) in [6.07, 6.45) is 3.87. The zero-order valence-corrected chi connectivity index (χ0v) is 16.1. The Morgan fingerprint density at radius 2 is 1.93 bits per heavy atom. The third-order valence-electron chi connectivity index (χ3n) is 5.31. The average molecular weight is 373 g/mol. The number of ketones is 1. The first-order chi connectivity index (χ1) is 13.5. The Kier molecular flexibility index (Phi) is 4.82. The van der Waals surface area contributed by atoms with Gasteiger partial charge >= 0.3 is 0 Å². The molecule has 2 heterocycles. The molecule has 0 saturated heterocycles. The lowest BCUT2D eigenvalue weighted by Gasteiger charge is -2.34. The number of aryl methyl sites for hydroxylation is 1. The summed E-state index contributed by atoms with van der Waals surface area (Å²) in [4.78, 5) is 30.3. The summed E-state index contributed by atoms with van der Waals surface area (Å²) in [5, 5.41) is 6.24. The summed E-state index contributed by atoms with van der Waals surface area (Å²) in [5.74, 6) is 0.0258. The number of carbonyl (C=O) groups is 2. The molecule has 1 amide bonds. The van der Waals surface area contributed by atoms with Crippen molar-refractivity contribution in [3.63, 3.8) is 0 Å². The van der Waals surface area contributed by atoms with Crippen LogP contribution >= 0.6 is 0 Å². The summed E-state index contributed by atoms with van der Waals surface area (Å²) in [7, 11) is 0. The van der Waals surface area contributed by atoms with Crippen LogP contribution in [0.4, 0.5) is 5.82 Å². The minimum absolute atomic E-state index is 0.120. The van der Waals surface area contributed by atoms with Crippen molar-refractivity contribution >= 4 is 17.5 Å². The van der Waals surface area contributed by atoms with Crippen LogP contribution in [0.3, 0.4) is 0 Å². The van der Waals surface area contributed by atoms with Crippen LogP contribution in [0.2, 0.25) is 0 Å². The number of dihydropyridines is 1. The summed E-state index contributed by atoms with van der Waals surface area (Å²) in [5.41, 5.74) is 5.01. The van der Waals surface area contributed by atoms with E-state index in [1.165, 1.54) is 0 Å². The molecule has 1 aromatic carbocycles. The number of nitrogens with zero attached hydrogens (tertiary/aromatic N) is 1. The molecule has 1 aromatic heterocycles. The van der Waals surface area contributed by atoms with E-state index in [1.807, 2.05) is 56.3 Å². The molecule has 1 aliphatic heterocycles. The monoisotopic (exact) mass is 373 g/mol. The van der Waals surface area contributed by atoms with Crippen molar-refractivity contribution in [3.05, 3.63) is 82.3 Å².